The molecule has 1 aromatic heterocycles. The minimum atomic E-state index is 0.237. The Balaban J connectivity index is 2.71. The van der Waals surface area contributed by atoms with E-state index in [1.165, 1.54) is 0 Å². The molecule has 102 valence electrons. The molecule has 0 N–H and O–H groups in total. The molecule has 1 aromatic rings. The van der Waals surface area contributed by atoms with Gasteiger partial charge in [-0.1, -0.05) is 26.7 Å². The van der Waals surface area contributed by atoms with Crippen molar-refractivity contribution < 1.29 is 4.79 Å². The van der Waals surface area contributed by atoms with Crippen LogP contribution in [0.1, 0.15) is 57.8 Å². The molecule has 0 fully saturated rings. The van der Waals surface area contributed by atoms with E-state index < -0.39 is 0 Å². The van der Waals surface area contributed by atoms with Gasteiger partial charge in [0.05, 0.1) is 5.69 Å². The first kappa shape index (κ1) is 14.9. The lowest BCUT2D eigenvalue weighted by atomic mass is 9.91. The highest BCUT2D eigenvalue weighted by atomic mass is 16.1. The van der Waals surface area contributed by atoms with Crippen molar-refractivity contribution in [3.63, 3.8) is 0 Å². The molecule has 0 aromatic carbocycles. The smallest absolute Gasteiger partial charge is 0.141 e. The third-order valence-corrected chi connectivity index (χ3v) is 3.37. The number of carbonyl (C=O) groups is 1. The molecule has 0 atom stereocenters. The van der Waals surface area contributed by atoms with E-state index in [-0.39, 0.29) is 5.92 Å². The van der Waals surface area contributed by atoms with Crippen LogP contribution in [0.4, 0.5) is 0 Å². The molecule has 3 heteroatoms. The summed E-state index contributed by atoms with van der Waals surface area (Å²) in [5.74, 6) is 0.619. The third kappa shape index (κ3) is 3.97. The standard InChI is InChI=1S/C15H26N2O/c1-5-8-13(9-6-2)15(18)11-14-10-12(4)16-17(14)7-3/h10,13H,5-9,11H2,1-4H3. The highest BCUT2D eigenvalue weighted by Crippen LogP contribution is 2.17. The van der Waals surface area contributed by atoms with Crippen molar-refractivity contribution in [2.75, 3.05) is 0 Å². The minimum absolute atomic E-state index is 0.237. The molecule has 0 aliphatic carbocycles. The zero-order valence-corrected chi connectivity index (χ0v) is 12.2. The normalized spacial score (nSPS) is 11.2. The topological polar surface area (TPSA) is 34.9 Å². The molecule has 0 bridgehead atoms. The van der Waals surface area contributed by atoms with Gasteiger partial charge in [-0.05, 0) is 32.8 Å². The van der Waals surface area contributed by atoms with Crippen LogP contribution in [0.15, 0.2) is 6.07 Å². The zero-order valence-electron chi connectivity index (χ0n) is 12.2. The quantitative estimate of drug-likeness (QED) is 0.707. The summed E-state index contributed by atoms with van der Waals surface area (Å²) in [5.41, 5.74) is 2.07. The largest absolute Gasteiger partial charge is 0.299 e. The van der Waals surface area contributed by atoms with Crippen LogP contribution in [0.5, 0.6) is 0 Å². The van der Waals surface area contributed by atoms with E-state index in [0.29, 0.717) is 12.2 Å². The SMILES string of the molecule is CCCC(CCC)C(=O)Cc1cc(C)nn1CC. The van der Waals surface area contributed by atoms with Crippen LogP contribution in [-0.2, 0) is 17.8 Å². The molecule has 0 saturated heterocycles. The van der Waals surface area contributed by atoms with Crippen LogP contribution in [0.25, 0.3) is 0 Å². The first-order chi connectivity index (χ1) is 8.62. The van der Waals surface area contributed by atoms with Gasteiger partial charge in [0, 0.05) is 24.6 Å². The number of hydrogen-bond acceptors (Lipinski definition) is 2. The summed E-state index contributed by atoms with van der Waals surface area (Å²) in [6, 6.07) is 2.04. The van der Waals surface area contributed by atoms with Crippen molar-refractivity contribution >= 4 is 5.78 Å². The number of ketones is 1. The second-order valence-corrected chi connectivity index (χ2v) is 5.01. The maximum Gasteiger partial charge on any atom is 0.141 e. The fourth-order valence-corrected chi connectivity index (χ4v) is 2.50. The molecule has 1 heterocycles. The van der Waals surface area contributed by atoms with Crippen molar-refractivity contribution in [1.82, 2.24) is 9.78 Å². The highest BCUT2D eigenvalue weighted by Gasteiger charge is 2.18. The molecule has 0 radical (unpaired) electrons. The van der Waals surface area contributed by atoms with Gasteiger partial charge in [-0.25, -0.2) is 0 Å². The maximum absolute atomic E-state index is 12.3. The van der Waals surface area contributed by atoms with Crippen molar-refractivity contribution in [3.05, 3.63) is 17.5 Å². The van der Waals surface area contributed by atoms with Gasteiger partial charge >= 0.3 is 0 Å². The number of Topliss-reactive ketones (excluding diaryl/α,β-unsaturated/α-hetero) is 1. The fourth-order valence-electron chi connectivity index (χ4n) is 2.50. The van der Waals surface area contributed by atoms with Gasteiger partial charge in [0.15, 0.2) is 0 Å². The lowest BCUT2D eigenvalue weighted by Gasteiger charge is -2.14. The van der Waals surface area contributed by atoms with E-state index in [9.17, 15) is 4.79 Å². The second-order valence-electron chi connectivity index (χ2n) is 5.01. The predicted molar refractivity (Wildman–Crippen MR) is 74.7 cm³/mol. The van der Waals surface area contributed by atoms with Crippen molar-refractivity contribution in [3.8, 4) is 0 Å². The average Bonchev–Trinajstić information content (AvgIpc) is 2.69. The first-order valence-electron chi connectivity index (χ1n) is 7.18. The monoisotopic (exact) mass is 250 g/mol. The van der Waals surface area contributed by atoms with Crippen molar-refractivity contribution in [2.45, 2.75) is 66.3 Å². The predicted octanol–water partition coefficient (Wildman–Crippen LogP) is 3.54. The molecule has 1 rings (SSSR count). The Hall–Kier alpha value is -1.12. The van der Waals surface area contributed by atoms with E-state index >= 15 is 0 Å². The summed E-state index contributed by atoms with van der Waals surface area (Å²) in [6.07, 6.45) is 4.75. The molecular formula is C15H26N2O. The lowest BCUT2D eigenvalue weighted by Crippen LogP contribution is -2.18. The summed E-state index contributed by atoms with van der Waals surface area (Å²) in [6.45, 7) is 9.18. The van der Waals surface area contributed by atoms with Crippen molar-refractivity contribution in [1.29, 1.82) is 0 Å². The van der Waals surface area contributed by atoms with Gasteiger partial charge in [0.25, 0.3) is 0 Å². The van der Waals surface area contributed by atoms with E-state index in [2.05, 4.69) is 25.9 Å². The fraction of sp³-hybridized carbons (Fsp3) is 0.733. The zero-order chi connectivity index (χ0) is 13.5. The van der Waals surface area contributed by atoms with Crippen molar-refractivity contribution in [2.24, 2.45) is 5.92 Å². The number of nitrogens with zero attached hydrogens (tertiary/aromatic N) is 2. The number of aromatic nitrogens is 2. The highest BCUT2D eigenvalue weighted by molar-refractivity contribution is 5.82. The molecule has 0 aliphatic rings. The summed E-state index contributed by atoms with van der Waals surface area (Å²) in [7, 11) is 0. The molecule has 0 aliphatic heterocycles. The van der Waals surface area contributed by atoms with Gasteiger partial charge in [0.2, 0.25) is 0 Å². The van der Waals surface area contributed by atoms with Crippen LogP contribution in [0.2, 0.25) is 0 Å². The van der Waals surface area contributed by atoms with E-state index in [0.717, 1.165) is 43.6 Å². The average molecular weight is 250 g/mol. The number of aryl methyl sites for hydroxylation is 2. The third-order valence-electron chi connectivity index (χ3n) is 3.37. The van der Waals surface area contributed by atoms with Crippen LogP contribution >= 0.6 is 0 Å². The second kappa shape index (κ2) is 7.34. The lowest BCUT2D eigenvalue weighted by molar-refractivity contribution is -0.122. The van der Waals surface area contributed by atoms with Crippen LogP contribution < -0.4 is 0 Å². The Kier molecular flexibility index (Phi) is 6.10. The molecule has 0 unspecified atom stereocenters. The van der Waals surface area contributed by atoms with Gasteiger partial charge in [-0.15, -0.1) is 0 Å². The summed E-state index contributed by atoms with van der Waals surface area (Å²) >= 11 is 0. The number of hydrogen-bond donors (Lipinski definition) is 0. The van der Waals surface area contributed by atoms with Gasteiger partial charge in [0.1, 0.15) is 5.78 Å². The van der Waals surface area contributed by atoms with E-state index in [1.54, 1.807) is 0 Å². The Labute approximate surface area is 111 Å². The Morgan fingerprint density at radius 1 is 1.28 bits per heavy atom. The van der Waals surface area contributed by atoms with Crippen LogP contribution in [-0.4, -0.2) is 15.6 Å². The number of carbonyl (C=O) groups excluding carboxylic acids is 1. The van der Waals surface area contributed by atoms with Gasteiger partial charge < -0.3 is 0 Å². The van der Waals surface area contributed by atoms with E-state index in [4.69, 9.17) is 0 Å². The maximum atomic E-state index is 12.3. The Bertz CT molecular complexity index is 376. The van der Waals surface area contributed by atoms with Crippen LogP contribution in [0, 0.1) is 12.8 Å². The summed E-state index contributed by atoms with van der Waals surface area (Å²) in [5, 5.41) is 4.40. The summed E-state index contributed by atoms with van der Waals surface area (Å²) < 4.78 is 1.95. The summed E-state index contributed by atoms with van der Waals surface area (Å²) in [4.78, 5) is 12.3. The first-order valence-corrected chi connectivity index (χ1v) is 7.18. The van der Waals surface area contributed by atoms with E-state index in [1.807, 2.05) is 17.7 Å². The number of rotatable bonds is 8. The Morgan fingerprint density at radius 3 is 2.39 bits per heavy atom. The molecule has 0 saturated carbocycles. The van der Waals surface area contributed by atoms with Gasteiger partial charge in [-0.2, -0.15) is 5.10 Å². The Morgan fingerprint density at radius 2 is 1.89 bits per heavy atom. The van der Waals surface area contributed by atoms with Crippen LogP contribution in [0.3, 0.4) is 0 Å². The molecule has 0 amide bonds. The van der Waals surface area contributed by atoms with Gasteiger partial charge in [-0.3, -0.25) is 9.48 Å². The molecular weight excluding hydrogens is 224 g/mol. The molecule has 0 spiro atoms. The minimum Gasteiger partial charge on any atom is -0.299 e. The molecule has 18 heavy (non-hydrogen) atoms. The molecule has 3 nitrogen and oxygen atoms in total.